The lowest BCUT2D eigenvalue weighted by Gasteiger charge is -2.33. The number of amides is 1. The van der Waals surface area contributed by atoms with Crippen molar-refractivity contribution in [3.8, 4) is 0 Å². The van der Waals surface area contributed by atoms with Crippen molar-refractivity contribution < 1.29 is 9.90 Å². The van der Waals surface area contributed by atoms with E-state index in [-0.39, 0.29) is 24.6 Å². The minimum Gasteiger partial charge on any atom is -0.396 e. The van der Waals surface area contributed by atoms with E-state index in [1.165, 1.54) is 11.1 Å². The Morgan fingerprint density at radius 3 is 2.75 bits per heavy atom. The van der Waals surface area contributed by atoms with Crippen LogP contribution in [0.3, 0.4) is 0 Å². The van der Waals surface area contributed by atoms with Crippen LogP contribution < -0.4 is 5.32 Å². The highest BCUT2D eigenvalue weighted by Gasteiger charge is 2.25. The van der Waals surface area contributed by atoms with Gasteiger partial charge in [0.1, 0.15) is 0 Å². The molecule has 110 valence electrons. The molecular formula is C16H24N2O2. The van der Waals surface area contributed by atoms with Crippen molar-refractivity contribution in [1.82, 2.24) is 10.2 Å². The molecule has 20 heavy (non-hydrogen) atoms. The number of fused-ring (bicyclic) bond motifs is 1. The Labute approximate surface area is 120 Å². The van der Waals surface area contributed by atoms with Gasteiger partial charge in [0.15, 0.2) is 0 Å². The second-order valence-corrected chi connectivity index (χ2v) is 5.59. The molecule has 1 aliphatic rings. The van der Waals surface area contributed by atoms with E-state index in [1.807, 2.05) is 13.8 Å². The SMILES string of the molecule is CC(CCO)NC(=O)C(C)N1CCc2ccccc2C1. The number of benzene rings is 1. The first-order valence-electron chi connectivity index (χ1n) is 7.34. The predicted molar refractivity (Wildman–Crippen MR) is 79.3 cm³/mol. The molecule has 0 radical (unpaired) electrons. The molecule has 0 fully saturated rings. The highest BCUT2D eigenvalue weighted by atomic mass is 16.3. The van der Waals surface area contributed by atoms with E-state index in [2.05, 4.69) is 34.5 Å². The lowest BCUT2D eigenvalue weighted by molar-refractivity contribution is -0.126. The summed E-state index contributed by atoms with van der Waals surface area (Å²) in [4.78, 5) is 14.4. The number of carbonyl (C=O) groups is 1. The van der Waals surface area contributed by atoms with Gasteiger partial charge in [-0.3, -0.25) is 9.69 Å². The number of nitrogens with zero attached hydrogens (tertiary/aromatic N) is 1. The third kappa shape index (κ3) is 3.58. The molecule has 2 unspecified atom stereocenters. The Morgan fingerprint density at radius 1 is 1.35 bits per heavy atom. The second kappa shape index (κ2) is 6.86. The maximum absolute atomic E-state index is 12.2. The van der Waals surface area contributed by atoms with E-state index >= 15 is 0 Å². The Hall–Kier alpha value is -1.39. The lowest BCUT2D eigenvalue weighted by Crippen LogP contribution is -2.49. The molecular weight excluding hydrogens is 252 g/mol. The monoisotopic (exact) mass is 276 g/mol. The fourth-order valence-corrected chi connectivity index (χ4v) is 2.64. The first-order valence-corrected chi connectivity index (χ1v) is 7.34. The third-order valence-electron chi connectivity index (χ3n) is 4.04. The van der Waals surface area contributed by atoms with Crippen LogP contribution in [0.2, 0.25) is 0 Å². The van der Waals surface area contributed by atoms with Gasteiger partial charge in [-0.1, -0.05) is 24.3 Å². The van der Waals surface area contributed by atoms with Crippen LogP contribution in [0.5, 0.6) is 0 Å². The minimum atomic E-state index is -0.135. The predicted octanol–water partition coefficient (Wildman–Crippen LogP) is 1.32. The van der Waals surface area contributed by atoms with Gasteiger partial charge in [-0.15, -0.1) is 0 Å². The van der Waals surface area contributed by atoms with Crippen molar-refractivity contribution in [1.29, 1.82) is 0 Å². The fraction of sp³-hybridized carbons (Fsp3) is 0.562. The van der Waals surface area contributed by atoms with Gasteiger partial charge in [0.2, 0.25) is 5.91 Å². The fourth-order valence-electron chi connectivity index (χ4n) is 2.64. The summed E-state index contributed by atoms with van der Waals surface area (Å²) in [5.74, 6) is 0.0466. The van der Waals surface area contributed by atoms with Gasteiger partial charge in [0.05, 0.1) is 6.04 Å². The van der Waals surface area contributed by atoms with Gasteiger partial charge in [-0.05, 0) is 37.8 Å². The lowest BCUT2D eigenvalue weighted by atomic mass is 9.98. The van der Waals surface area contributed by atoms with E-state index in [0.29, 0.717) is 6.42 Å². The maximum Gasteiger partial charge on any atom is 0.237 e. The van der Waals surface area contributed by atoms with Crippen LogP contribution in [0.4, 0.5) is 0 Å². The molecule has 0 saturated carbocycles. The smallest absolute Gasteiger partial charge is 0.237 e. The highest BCUT2D eigenvalue weighted by Crippen LogP contribution is 2.20. The number of aliphatic hydroxyl groups excluding tert-OH is 1. The van der Waals surface area contributed by atoms with Gasteiger partial charge in [0.25, 0.3) is 0 Å². The first-order chi connectivity index (χ1) is 9.61. The molecule has 0 bridgehead atoms. The molecule has 0 saturated heterocycles. The van der Waals surface area contributed by atoms with Crippen molar-refractivity contribution in [2.75, 3.05) is 13.2 Å². The summed E-state index contributed by atoms with van der Waals surface area (Å²) in [6.07, 6.45) is 1.60. The standard InChI is InChI=1S/C16H24N2O2/c1-12(8-10-19)17-16(20)13(2)18-9-7-14-5-3-4-6-15(14)11-18/h3-6,12-13,19H,7-11H2,1-2H3,(H,17,20). The zero-order valence-corrected chi connectivity index (χ0v) is 12.3. The van der Waals surface area contributed by atoms with E-state index in [1.54, 1.807) is 0 Å². The normalized spacial score (nSPS) is 18.1. The third-order valence-corrected chi connectivity index (χ3v) is 4.04. The Bertz CT molecular complexity index is 462. The summed E-state index contributed by atoms with van der Waals surface area (Å²) >= 11 is 0. The summed E-state index contributed by atoms with van der Waals surface area (Å²) in [6.45, 7) is 5.73. The number of aliphatic hydroxyl groups is 1. The van der Waals surface area contributed by atoms with Crippen LogP contribution in [-0.2, 0) is 17.8 Å². The summed E-state index contributed by atoms with van der Waals surface area (Å²) in [7, 11) is 0. The molecule has 1 heterocycles. The molecule has 2 rings (SSSR count). The van der Waals surface area contributed by atoms with Crippen LogP contribution in [0, 0.1) is 0 Å². The summed E-state index contributed by atoms with van der Waals surface area (Å²) < 4.78 is 0. The number of nitrogens with one attached hydrogen (secondary N) is 1. The zero-order valence-electron chi connectivity index (χ0n) is 12.3. The van der Waals surface area contributed by atoms with E-state index in [0.717, 1.165) is 19.5 Å². The summed E-state index contributed by atoms with van der Waals surface area (Å²) in [6, 6.07) is 8.32. The van der Waals surface area contributed by atoms with Gasteiger partial charge in [-0.2, -0.15) is 0 Å². The van der Waals surface area contributed by atoms with Crippen LogP contribution >= 0.6 is 0 Å². The van der Waals surface area contributed by atoms with Crippen molar-refractivity contribution in [3.63, 3.8) is 0 Å². The van der Waals surface area contributed by atoms with E-state index < -0.39 is 0 Å². The number of hydrogen-bond acceptors (Lipinski definition) is 3. The van der Waals surface area contributed by atoms with Gasteiger partial charge >= 0.3 is 0 Å². The molecule has 4 nitrogen and oxygen atoms in total. The van der Waals surface area contributed by atoms with Crippen LogP contribution in [0.1, 0.15) is 31.4 Å². The van der Waals surface area contributed by atoms with Gasteiger partial charge < -0.3 is 10.4 Å². The minimum absolute atomic E-state index is 0.0204. The number of hydrogen-bond donors (Lipinski definition) is 2. The summed E-state index contributed by atoms with van der Waals surface area (Å²) in [5, 5.41) is 11.8. The molecule has 1 amide bonds. The van der Waals surface area contributed by atoms with Crippen molar-refractivity contribution in [2.24, 2.45) is 0 Å². The molecule has 1 aliphatic heterocycles. The second-order valence-electron chi connectivity index (χ2n) is 5.59. The highest BCUT2D eigenvalue weighted by molar-refractivity contribution is 5.81. The average Bonchev–Trinajstić information content (AvgIpc) is 2.46. The molecule has 2 atom stereocenters. The number of carbonyl (C=O) groups excluding carboxylic acids is 1. The van der Waals surface area contributed by atoms with Crippen molar-refractivity contribution in [3.05, 3.63) is 35.4 Å². The molecule has 1 aromatic rings. The average molecular weight is 276 g/mol. The van der Waals surface area contributed by atoms with Crippen LogP contribution in [0.25, 0.3) is 0 Å². The largest absolute Gasteiger partial charge is 0.396 e. The topological polar surface area (TPSA) is 52.6 Å². The number of rotatable bonds is 5. The zero-order chi connectivity index (χ0) is 14.5. The van der Waals surface area contributed by atoms with Gasteiger partial charge in [-0.25, -0.2) is 0 Å². The van der Waals surface area contributed by atoms with E-state index in [4.69, 9.17) is 5.11 Å². The summed E-state index contributed by atoms with van der Waals surface area (Å²) in [5.41, 5.74) is 2.71. The molecule has 0 aliphatic carbocycles. The molecule has 4 heteroatoms. The van der Waals surface area contributed by atoms with Crippen LogP contribution in [0.15, 0.2) is 24.3 Å². The Kier molecular flexibility index (Phi) is 5.15. The quantitative estimate of drug-likeness (QED) is 0.853. The molecule has 0 aromatic heterocycles. The van der Waals surface area contributed by atoms with Gasteiger partial charge in [0, 0.05) is 25.7 Å². The molecule has 2 N–H and O–H groups in total. The maximum atomic E-state index is 12.2. The molecule has 1 aromatic carbocycles. The van der Waals surface area contributed by atoms with Crippen molar-refractivity contribution in [2.45, 2.75) is 45.3 Å². The Morgan fingerprint density at radius 2 is 2.05 bits per heavy atom. The Balaban J connectivity index is 1.94. The molecule has 0 spiro atoms. The van der Waals surface area contributed by atoms with Crippen molar-refractivity contribution >= 4 is 5.91 Å². The van der Waals surface area contributed by atoms with Crippen LogP contribution in [-0.4, -0.2) is 41.1 Å². The first kappa shape index (κ1) is 15.0. The van der Waals surface area contributed by atoms with E-state index in [9.17, 15) is 4.79 Å².